The smallest absolute Gasteiger partial charge is 0.408 e. The van der Waals surface area contributed by atoms with Crippen molar-refractivity contribution in [2.24, 2.45) is 0 Å². The molecule has 0 heterocycles. The number of aryl methyl sites for hydroxylation is 2. The maximum atomic E-state index is 13.7. The number of ether oxygens (including phenoxy) is 1. The van der Waals surface area contributed by atoms with Crippen molar-refractivity contribution in [2.75, 3.05) is 18.5 Å². The number of aliphatic hydroxyl groups excluding tert-OH is 1. The van der Waals surface area contributed by atoms with Crippen LogP contribution in [0.5, 0.6) is 5.75 Å². The Morgan fingerprint density at radius 1 is 1.14 bits per heavy atom. The fourth-order valence-electron chi connectivity index (χ4n) is 3.63. The minimum absolute atomic E-state index is 0.141. The number of amides is 3. The van der Waals surface area contributed by atoms with Crippen molar-refractivity contribution < 1.29 is 29.3 Å². The number of phenols is 1. The number of carbonyl (C=O) groups excluding carboxylic acids is 3. The third kappa shape index (κ3) is 7.71. The summed E-state index contributed by atoms with van der Waals surface area (Å²) in [7, 11) is 0. The number of nitrogens with one attached hydrogen (secondary N) is 2. The van der Waals surface area contributed by atoms with E-state index < -0.39 is 42.2 Å². The number of hydrogen-bond donors (Lipinski definition) is 4. The number of aromatic hydroxyl groups is 1. The standard InChI is InChI=1S/C27H34ClN3O6/c1-7-14-31(25(35)20(15-32)29-26(36)37-27(4,5)6)22(18-12-8-11-17(3)23(18)33)24(34)30-21-16(2)10-9-13-19(21)28/h7-13,20,22,32-33H,1,14-15H2,2-6H3,(H,29,36)(H,30,34). The third-order valence-corrected chi connectivity index (χ3v) is 5.69. The predicted molar refractivity (Wildman–Crippen MR) is 143 cm³/mol. The molecular formula is C27H34ClN3O6. The molecule has 0 aromatic heterocycles. The quantitative estimate of drug-likeness (QED) is 0.358. The van der Waals surface area contributed by atoms with E-state index in [-0.39, 0.29) is 17.9 Å². The Labute approximate surface area is 222 Å². The van der Waals surface area contributed by atoms with E-state index in [1.165, 1.54) is 12.1 Å². The van der Waals surface area contributed by atoms with Crippen molar-refractivity contribution in [1.29, 1.82) is 0 Å². The fourth-order valence-corrected chi connectivity index (χ4v) is 3.90. The Morgan fingerprint density at radius 2 is 1.76 bits per heavy atom. The molecule has 9 nitrogen and oxygen atoms in total. The summed E-state index contributed by atoms with van der Waals surface area (Å²) in [5.74, 6) is -1.63. The zero-order valence-electron chi connectivity index (χ0n) is 21.7. The second-order valence-electron chi connectivity index (χ2n) is 9.50. The van der Waals surface area contributed by atoms with Gasteiger partial charge < -0.3 is 30.5 Å². The highest BCUT2D eigenvalue weighted by atomic mass is 35.5. The van der Waals surface area contributed by atoms with E-state index in [0.29, 0.717) is 21.8 Å². The zero-order chi connectivity index (χ0) is 27.9. The lowest BCUT2D eigenvalue weighted by Crippen LogP contribution is -2.53. The molecule has 0 aliphatic rings. The van der Waals surface area contributed by atoms with Crippen LogP contribution in [0.1, 0.15) is 43.5 Å². The van der Waals surface area contributed by atoms with Crippen molar-refractivity contribution in [3.05, 3.63) is 70.8 Å². The third-order valence-electron chi connectivity index (χ3n) is 5.37. The van der Waals surface area contributed by atoms with Crippen LogP contribution in [-0.2, 0) is 14.3 Å². The average Bonchev–Trinajstić information content (AvgIpc) is 2.80. The number of hydrogen-bond acceptors (Lipinski definition) is 6. The van der Waals surface area contributed by atoms with E-state index in [2.05, 4.69) is 17.2 Å². The van der Waals surface area contributed by atoms with Gasteiger partial charge in [0.15, 0.2) is 0 Å². The Morgan fingerprint density at radius 3 is 2.32 bits per heavy atom. The molecule has 10 heteroatoms. The number of halogens is 1. The molecule has 2 atom stereocenters. The van der Waals surface area contributed by atoms with Gasteiger partial charge in [0.05, 0.1) is 17.3 Å². The van der Waals surface area contributed by atoms with Crippen molar-refractivity contribution in [2.45, 2.75) is 52.3 Å². The first kappa shape index (κ1) is 29.7. The summed E-state index contributed by atoms with van der Waals surface area (Å²) < 4.78 is 5.21. The number of para-hydroxylation sites is 2. The first-order chi connectivity index (χ1) is 17.3. The highest BCUT2D eigenvalue weighted by molar-refractivity contribution is 6.34. The monoisotopic (exact) mass is 531 g/mol. The molecule has 2 aromatic rings. The first-order valence-electron chi connectivity index (χ1n) is 11.7. The van der Waals surface area contributed by atoms with E-state index in [1.807, 2.05) is 0 Å². The Balaban J connectivity index is 2.55. The Bertz CT molecular complexity index is 1140. The minimum atomic E-state index is -1.43. The van der Waals surface area contributed by atoms with E-state index >= 15 is 0 Å². The highest BCUT2D eigenvalue weighted by Crippen LogP contribution is 2.34. The van der Waals surface area contributed by atoms with Crippen LogP contribution in [0.25, 0.3) is 0 Å². The number of anilines is 1. The maximum absolute atomic E-state index is 13.7. The normalized spacial score (nSPS) is 12.7. The minimum Gasteiger partial charge on any atom is -0.507 e. The fraction of sp³-hybridized carbons (Fsp3) is 0.370. The Hall–Kier alpha value is -3.56. The predicted octanol–water partition coefficient (Wildman–Crippen LogP) is 4.24. The molecule has 3 amide bonds. The van der Waals surface area contributed by atoms with Gasteiger partial charge in [0.1, 0.15) is 23.4 Å². The van der Waals surface area contributed by atoms with Crippen LogP contribution in [-0.4, -0.2) is 57.8 Å². The second-order valence-corrected chi connectivity index (χ2v) is 9.90. The van der Waals surface area contributed by atoms with Gasteiger partial charge in [0, 0.05) is 12.1 Å². The van der Waals surface area contributed by atoms with Gasteiger partial charge in [0.25, 0.3) is 5.91 Å². The molecule has 0 aliphatic carbocycles. The van der Waals surface area contributed by atoms with Crippen LogP contribution >= 0.6 is 11.6 Å². The van der Waals surface area contributed by atoms with Crippen LogP contribution in [0.3, 0.4) is 0 Å². The van der Waals surface area contributed by atoms with Gasteiger partial charge in [-0.1, -0.05) is 48.0 Å². The summed E-state index contributed by atoms with van der Waals surface area (Å²) in [6, 6.07) is 7.14. The number of benzene rings is 2. The summed E-state index contributed by atoms with van der Waals surface area (Å²) in [4.78, 5) is 40.8. The number of rotatable bonds is 9. The molecule has 2 aromatic carbocycles. The van der Waals surface area contributed by atoms with Crippen molar-refractivity contribution in [3.63, 3.8) is 0 Å². The van der Waals surface area contributed by atoms with Crippen LogP contribution < -0.4 is 10.6 Å². The van der Waals surface area contributed by atoms with Gasteiger partial charge in [-0.05, 0) is 51.8 Å². The summed E-state index contributed by atoms with van der Waals surface area (Å²) in [5.41, 5.74) is 0.834. The van der Waals surface area contributed by atoms with E-state index in [4.69, 9.17) is 16.3 Å². The number of phenolic OH excluding ortho intramolecular Hbond substituents is 1. The molecule has 0 saturated heterocycles. The molecule has 2 unspecified atom stereocenters. The number of nitrogens with zero attached hydrogens (tertiary/aromatic N) is 1. The molecule has 0 aliphatic heterocycles. The van der Waals surface area contributed by atoms with Crippen molar-refractivity contribution in [1.82, 2.24) is 10.2 Å². The van der Waals surface area contributed by atoms with Crippen LogP contribution in [0.4, 0.5) is 10.5 Å². The topological polar surface area (TPSA) is 128 Å². The molecular weight excluding hydrogens is 498 g/mol. The number of carbonyl (C=O) groups is 3. The average molecular weight is 532 g/mol. The van der Waals surface area contributed by atoms with Gasteiger partial charge >= 0.3 is 6.09 Å². The van der Waals surface area contributed by atoms with Gasteiger partial charge in [-0.25, -0.2) is 4.79 Å². The summed E-state index contributed by atoms with van der Waals surface area (Å²) in [6.45, 7) is 11.2. The number of aliphatic hydroxyl groups is 1. The summed E-state index contributed by atoms with van der Waals surface area (Å²) in [6.07, 6.45) is 0.484. The van der Waals surface area contributed by atoms with Gasteiger partial charge in [-0.2, -0.15) is 0 Å². The molecule has 4 N–H and O–H groups in total. The van der Waals surface area contributed by atoms with Crippen molar-refractivity contribution in [3.8, 4) is 5.75 Å². The molecule has 0 fully saturated rings. The van der Waals surface area contributed by atoms with Crippen molar-refractivity contribution >= 4 is 35.2 Å². The summed E-state index contributed by atoms with van der Waals surface area (Å²) in [5, 5.41) is 26.2. The van der Waals surface area contributed by atoms with E-state index in [0.717, 1.165) is 4.90 Å². The molecule has 0 radical (unpaired) electrons. The molecule has 37 heavy (non-hydrogen) atoms. The van der Waals surface area contributed by atoms with Crippen LogP contribution in [0.15, 0.2) is 49.1 Å². The highest BCUT2D eigenvalue weighted by Gasteiger charge is 2.37. The first-order valence-corrected chi connectivity index (χ1v) is 12.0. The van der Waals surface area contributed by atoms with E-state index in [9.17, 15) is 24.6 Å². The molecule has 0 saturated carbocycles. The largest absolute Gasteiger partial charge is 0.507 e. The second kappa shape index (κ2) is 12.6. The molecule has 200 valence electrons. The van der Waals surface area contributed by atoms with Gasteiger partial charge in [0.2, 0.25) is 5.91 Å². The summed E-state index contributed by atoms with van der Waals surface area (Å²) >= 11 is 6.31. The lowest BCUT2D eigenvalue weighted by Gasteiger charge is -2.34. The maximum Gasteiger partial charge on any atom is 0.408 e. The molecule has 0 bridgehead atoms. The van der Waals surface area contributed by atoms with Gasteiger partial charge in [-0.15, -0.1) is 6.58 Å². The van der Waals surface area contributed by atoms with Crippen LogP contribution in [0, 0.1) is 13.8 Å². The van der Waals surface area contributed by atoms with E-state index in [1.54, 1.807) is 65.0 Å². The Kier molecular flexibility index (Phi) is 10.1. The SMILES string of the molecule is C=CCN(C(=O)C(CO)NC(=O)OC(C)(C)C)C(C(=O)Nc1c(C)cccc1Cl)c1cccc(C)c1O. The molecule has 2 rings (SSSR count). The lowest BCUT2D eigenvalue weighted by molar-refractivity contribution is -0.141. The lowest BCUT2D eigenvalue weighted by atomic mass is 9.99. The zero-order valence-corrected chi connectivity index (χ0v) is 22.4. The molecule has 0 spiro atoms. The van der Waals surface area contributed by atoms with Gasteiger partial charge in [-0.3, -0.25) is 9.59 Å². The number of alkyl carbamates (subject to hydrolysis) is 1. The van der Waals surface area contributed by atoms with Crippen LogP contribution in [0.2, 0.25) is 5.02 Å².